The van der Waals surface area contributed by atoms with Gasteiger partial charge in [-0.2, -0.15) is 0 Å². The number of ketones is 1. The molecule has 1 N–H and O–H groups in total. The molecule has 130 valence electrons. The van der Waals surface area contributed by atoms with Gasteiger partial charge in [0, 0.05) is 24.2 Å². The van der Waals surface area contributed by atoms with Gasteiger partial charge in [-0.15, -0.1) is 0 Å². The number of esters is 1. The Kier molecular flexibility index (Phi) is 5.17. The van der Waals surface area contributed by atoms with Crippen molar-refractivity contribution in [1.82, 2.24) is 4.98 Å². The third-order valence-corrected chi connectivity index (χ3v) is 4.59. The highest BCUT2D eigenvalue weighted by Crippen LogP contribution is 2.40. The summed E-state index contributed by atoms with van der Waals surface area (Å²) in [7, 11) is 0. The highest BCUT2D eigenvalue weighted by atomic mass is 16.5. The van der Waals surface area contributed by atoms with Crippen LogP contribution in [-0.2, 0) is 14.3 Å². The predicted molar refractivity (Wildman–Crippen MR) is 98.1 cm³/mol. The predicted octanol–water partition coefficient (Wildman–Crippen LogP) is 4.32. The number of aromatic nitrogens is 1. The van der Waals surface area contributed by atoms with Crippen LogP contribution in [0.15, 0.2) is 36.5 Å². The van der Waals surface area contributed by atoms with Crippen molar-refractivity contribution < 1.29 is 14.3 Å². The molecule has 0 unspecified atom stereocenters. The molecule has 4 nitrogen and oxygen atoms in total. The third-order valence-electron chi connectivity index (χ3n) is 4.59. The van der Waals surface area contributed by atoms with Crippen molar-refractivity contribution in [3.63, 3.8) is 0 Å². The summed E-state index contributed by atoms with van der Waals surface area (Å²) in [6.07, 6.45) is 6.24. The summed E-state index contributed by atoms with van der Waals surface area (Å²) in [4.78, 5) is 27.5. The van der Waals surface area contributed by atoms with E-state index in [9.17, 15) is 9.59 Å². The number of Topliss-reactive ketones (excluding diaryl/α,β-unsaturated/α-hetero) is 1. The number of fused-ring (bicyclic) bond motifs is 2. The van der Waals surface area contributed by atoms with E-state index in [0.717, 1.165) is 35.2 Å². The summed E-state index contributed by atoms with van der Waals surface area (Å²) >= 11 is 0. The fourth-order valence-electron chi connectivity index (χ4n) is 3.50. The number of hydrogen-bond acceptors (Lipinski definition) is 3. The van der Waals surface area contributed by atoms with Gasteiger partial charge in [0.2, 0.25) is 5.78 Å². The second kappa shape index (κ2) is 7.51. The van der Waals surface area contributed by atoms with E-state index in [1.54, 1.807) is 6.92 Å². The zero-order valence-corrected chi connectivity index (χ0v) is 14.7. The maximum atomic E-state index is 12.4. The number of ether oxygens (including phenoxy) is 1. The molecule has 1 atom stereocenters. The Morgan fingerprint density at radius 3 is 2.72 bits per heavy atom. The third kappa shape index (κ3) is 3.43. The molecular formula is C21H23NO3. The van der Waals surface area contributed by atoms with Crippen molar-refractivity contribution in [2.24, 2.45) is 0 Å². The van der Waals surface area contributed by atoms with E-state index in [-0.39, 0.29) is 18.9 Å². The first-order valence-corrected chi connectivity index (χ1v) is 8.82. The molecule has 0 fully saturated rings. The lowest BCUT2D eigenvalue weighted by atomic mass is 9.87. The number of benzene rings is 1. The fourth-order valence-corrected chi connectivity index (χ4v) is 3.50. The van der Waals surface area contributed by atoms with Gasteiger partial charge in [0.05, 0.1) is 6.61 Å². The number of hydrogen-bond donors (Lipinski definition) is 1. The molecule has 1 aromatic carbocycles. The number of carbonyl (C=O) groups is 2. The summed E-state index contributed by atoms with van der Waals surface area (Å²) < 4.78 is 4.88. The molecule has 1 aliphatic rings. The van der Waals surface area contributed by atoms with Gasteiger partial charge in [0.25, 0.3) is 0 Å². The molecule has 25 heavy (non-hydrogen) atoms. The smallest absolute Gasteiger partial charge is 0.374 e. The van der Waals surface area contributed by atoms with E-state index in [1.807, 2.05) is 24.4 Å². The number of allylic oxidation sites excluding steroid dienone is 1. The van der Waals surface area contributed by atoms with Crippen LogP contribution in [0.1, 0.15) is 61.4 Å². The van der Waals surface area contributed by atoms with Crippen LogP contribution in [0.3, 0.4) is 0 Å². The summed E-state index contributed by atoms with van der Waals surface area (Å²) in [6, 6.07) is 10.1. The topological polar surface area (TPSA) is 59.2 Å². The van der Waals surface area contributed by atoms with Crippen molar-refractivity contribution in [1.29, 1.82) is 0 Å². The van der Waals surface area contributed by atoms with Crippen LogP contribution in [-0.4, -0.2) is 23.3 Å². The van der Waals surface area contributed by atoms with Crippen LogP contribution in [0.25, 0.3) is 11.6 Å². The van der Waals surface area contributed by atoms with E-state index in [1.165, 1.54) is 5.57 Å². The van der Waals surface area contributed by atoms with Crippen LogP contribution >= 0.6 is 0 Å². The molecule has 1 aliphatic carbocycles. The van der Waals surface area contributed by atoms with Crippen LogP contribution in [0.2, 0.25) is 0 Å². The van der Waals surface area contributed by atoms with Crippen molar-refractivity contribution in [2.45, 2.75) is 39.0 Å². The Morgan fingerprint density at radius 1 is 1.16 bits per heavy atom. The molecule has 4 heteroatoms. The highest BCUT2D eigenvalue weighted by Gasteiger charge is 2.29. The molecule has 0 amide bonds. The van der Waals surface area contributed by atoms with E-state index in [2.05, 4.69) is 30.1 Å². The molecule has 0 saturated carbocycles. The Morgan fingerprint density at radius 2 is 1.96 bits per heavy atom. The lowest BCUT2D eigenvalue weighted by molar-refractivity contribution is -0.153. The van der Waals surface area contributed by atoms with E-state index >= 15 is 0 Å². The van der Waals surface area contributed by atoms with Gasteiger partial charge in [-0.25, -0.2) is 4.79 Å². The zero-order chi connectivity index (χ0) is 17.8. The first-order valence-electron chi connectivity index (χ1n) is 8.82. The fraction of sp³-hybridized carbons (Fsp3) is 0.333. The molecule has 0 aliphatic heterocycles. The van der Waals surface area contributed by atoms with Gasteiger partial charge >= 0.3 is 5.97 Å². The first-order chi connectivity index (χ1) is 12.2. The largest absolute Gasteiger partial charge is 0.460 e. The SMILES string of the molecule is CCCC1=Cc2ccccc2[C@H](CC(=O)C(=O)OCC)c2[nH]ccc21. The Balaban J connectivity index is 2.05. The minimum Gasteiger partial charge on any atom is -0.460 e. The molecule has 1 aromatic heterocycles. The second-order valence-corrected chi connectivity index (χ2v) is 6.25. The monoisotopic (exact) mass is 337 g/mol. The molecule has 1 heterocycles. The number of rotatable bonds is 6. The molecule has 0 bridgehead atoms. The van der Waals surface area contributed by atoms with Gasteiger partial charge in [-0.1, -0.05) is 43.7 Å². The molecule has 0 saturated heterocycles. The first kappa shape index (κ1) is 17.2. The van der Waals surface area contributed by atoms with Gasteiger partial charge in [0.1, 0.15) is 0 Å². The lowest BCUT2D eigenvalue weighted by Crippen LogP contribution is -2.21. The average Bonchev–Trinajstić information content (AvgIpc) is 3.05. The van der Waals surface area contributed by atoms with Gasteiger partial charge in [-0.3, -0.25) is 4.79 Å². The minimum atomic E-state index is -0.751. The van der Waals surface area contributed by atoms with Gasteiger partial charge < -0.3 is 9.72 Å². The Hall–Kier alpha value is -2.62. The normalized spacial score (nSPS) is 15.6. The Bertz CT molecular complexity index is 816. The average molecular weight is 337 g/mol. The number of aromatic amines is 1. The number of nitrogens with one attached hydrogen (secondary N) is 1. The molecule has 0 radical (unpaired) electrons. The van der Waals surface area contributed by atoms with Crippen LogP contribution in [0, 0.1) is 0 Å². The minimum absolute atomic E-state index is 0.108. The maximum Gasteiger partial charge on any atom is 0.374 e. The van der Waals surface area contributed by atoms with Crippen molar-refractivity contribution in [3.05, 3.63) is 58.9 Å². The highest BCUT2D eigenvalue weighted by molar-refractivity contribution is 6.33. The summed E-state index contributed by atoms with van der Waals surface area (Å²) in [5.41, 5.74) is 5.58. The van der Waals surface area contributed by atoms with Gasteiger partial charge in [-0.05, 0) is 41.7 Å². The van der Waals surface area contributed by atoms with Crippen LogP contribution in [0.5, 0.6) is 0 Å². The van der Waals surface area contributed by atoms with Crippen molar-refractivity contribution >= 4 is 23.4 Å². The standard InChI is InChI=1S/C21H23NO3/c1-3-7-14-12-15-8-5-6-9-16(15)18(20-17(14)10-11-22-20)13-19(23)21(24)25-4-2/h5-6,8-12,18,22H,3-4,7,13H2,1-2H3/t18-/m0/s1. The molecular weight excluding hydrogens is 314 g/mol. The quantitative estimate of drug-likeness (QED) is 0.631. The molecule has 3 rings (SSSR count). The van der Waals surface area contributed by atoms with E-state index in [0.29, 0.717) is 0 Å². The van der Waals surface area contributed by atoms with Gasteiger partial charge in [0.15, 0.2) is 0 Å². The molecule has 2 aromatic rings. The second-order valence-electron chi connectivity index (χ2n) is 6.25. The Labute approximate surface area is 147 Å². The van der Waals surface area contributed by atoms with E-state index in [4.69, 9.17) is 4.74 Å². The summed E-state index contributed by atoms with van der Waals surface area (Å²) in [5, 5.41) is 0. The summed E-state index contributed by atoms with van der Waals surface area (Å²) in [6.45, 7) is 4.07. The van der Waals surface area contributed by atoms with Crippen molar-refractivity contribution in [2.75, 3.05) is 6.61 Å². The summed E-state index contributed by atoms with van der Waals surface area (Å²) in [5.74, 6) is -1.41. The van der Waals surface area contributed by atoms with Crippen LogP contribution in [0.4, 0.5) is 0 Å². The number of carbonyl (C=O) groups excluding carboxylic acids is 2. The van der Waals surface area contributed by atoms with Crippen molar-refractivity contribution in [3.8, 4) is 0 Å². The molecule has 0 spiro atoms. The maximum absolute atomic E-state index is 12.4. The number of H-pyrrole nitrogens is 1. The lowest BCUT2D eigenvalue weighted by Gasteiger charge is -2.17. The zero-order valence-electron chi connectivity index (χ0n) is 14.7. The van der Waals surface area contributed by atoms with E-state index < -0.39 is 11.8 Å². The van der Waals surface area contributed by atoms with Crippen LogP contribution < -0.4 is 0 Å².